The minimum Gasteiger partial charge on any atom is -0.478 e. The largest absolute Gasteiger partial charge is 0.478 e. The molecule has 2 aromatic carbocycles. The third kappa shape index (κ3) is 4.74. The highest BCUT2D eigenvalue weighted by Crippen LogP contribution is 2.24. The second kappa shape index (κ2) is 9.05. The van der Waals surface area contributed by atoms with Crippen LogP contribution in [0.15, 0.2) is 54.6 Å². The summed E-state index contributed by atoms with van der Waals surface area (Å²) >= 11 is 0. The molecule has 5 heteroatoms. The molecule has 0 bridgehead atoms. The maximum atomic E-state index is 13.2. The van der Waals surface area contributed by atoms with Crippen molar-refractivity contribution in [2.24, 2.45) is 0 Å². The van der Waals surface area contributed by atoms with E-state index in [2.05, 4.69) is 24.4 Å². The zero-order valence-electron chi connectivity index (χ0n) is 17.1. The van der Waals surface area contributed by atoms with Crippen molar-refractivity contribution >= 4 is 5.97 Å². The Morgan fingerprint density at radius 2 is 1.72 bits per heavy atom. The fourth-order valence-corrected chi connectivity index (χ4v) is 3.77. The second-order valence-electron chi connectivity index (χ2n) is 7.48. The SMILES string of the molecule is Cc1c(CNC[C@H](C)c2ccccc2)c(C(=O)O)c(C)n1Cc1ccc(F)cc1. The molecule has 0 aliphatic carbocycles. The monoisotopic (exact) mass is 394 g/mol. The lowest BCUT2D eigenvalue weighted by Crippen LogP contribution is -2.21. The summed E-state index contributed by atoms with van der Waals surface area (Å²) in [5.41, 5.74) is 4.97. The summed E-state index contributed by atoms with van der Waals surface area (Å²) in [6, 6.07) is 16.6. The number of rotatable bonds is 8. The predicted octanol–water partition coefficient (Wildman–Crippen LogP) is 4.88. The molecule has 1 aromatic heterocycles. The Kier molecular flexibility index (Phi) is 6.49. The average molecular weight is 394 g/mol. The van der Waals surface area contributed by atoms with Crippen molar-refractivity contribution in [2.75, 3.05) is 6.54 Å². The molecule has 2 N–H and O–H groups in total. The normalized spacial score (nSPS) is 12.1. The van der Waals surface area contributed by atoms with Gasteiger partial charge in [-0.1, -0.05) is 49.4 Å². The van der Waals surface area contributed by atoms with Crippen molar-refractivity contribution in [3.8, 4) is 0 Å². The van der Waals surface area contributed by atoms with Crippen molar-refractivity contribution in [3.63, 3.8) is 0 Å². The molecule has 0 fully saturated rings. The van der Waals surface area contributed by atoms with Crippen LogP contribution in [0.5, 0.6) is 0 Å². The van der Waals surface area contributed by atoms with Gasteiger partial charge >= 0.3 is 5.97 Å². The maximum Gasteiger partial charge on any atom is 0.337 e. The molecule has 0 saturated heterocycles. The Morgan fingerprint density at radius 3 is 2.34 bits per heavy atom. The number of aromatic carboxylic acids is 1. The minimum atomic E-state index is -0.920. The highest BCUT2D eigenvalue weighted by Gasteiger charge is 2.22. The smallest absolute Gasteiger partial charge is 0.337 e. The summed E-state index contributed by atoms with van der Waals surface area (Å²) in [4.78, 5) is 11.9. The summed E-state index contributed by atoms with van der Waals surface area (Å²) in [5, 5.41) is 13.2. The zero-order chi connectivity index (χ0) is 21.0. The number of nitrogens with zero attached hydrogens (tertiary/aromatic N) is 1. The number of carboxylic acid groups (broad SMARTS) is 1. The molecular weight excluding hydrogens is 367 g/mol. The Balaban J connectivity index is 1.78. The van der Waals surface area contributed by atoms with E-state index in [0.29, 0.717) is 30.3 Å². The third-order valence-electron chi connectivity index (χ3n) is 5.50. The van der Waals surface area contributed by atoms with Gasteiger partial charge in [0, 0.05) is 36.6 Å². The standard InChI is InChI=1S/C24H27FN2O2/c1-16(20-7-5-4-6-8-20)13-26-14-22-17(2)27(18(3)23(22)24(28)29)15-19-9-11-21(25)12-10-19/h4-12,16,26H,13-15H2,1-3H3,(H,28,29)/t16-/m0/s1. The van der Waals surface area contributed by atoms with Crippen molar-refractivity contribution in [1.82, 2.24) is 9.88 Å². The molecule has 4 nitrogen and oxygen atoms in total. The first-order valence-corrected chi connectivity index (χ1v) is 9.80. The van der Waals surface area contributed by atoms with Crippen molar-refractivity contribution in [3.05, 3.63) is 94.1 Å². The van der Waals surface area contributed by atoms with E-state index in [1.165, 1.54) is 17.7 Å². The highest BCUT2D eigenvalue weighted by atomic mass is 19.1. The number of carbonyl (C=O) groups is 1. The lowest BCUT2D eigenvalue weighted by Gasteiger charge is -2.14. The number of benzene rings is 2. The molecule has 29 heavy (non-hydrogen) atoms. The van der Waals surface area contributed by atoms with Gasteiger partial charge in [0.2, 0.25) is 0 Å². The zero-order valence-corrected chi connectivity index (χ0v) is 17.1. The van der Waals surface area contributed by atoms with Gasteiger partial charge in [-0.3, -0.25) is 0 Å². The summed E-state index contributed by atoms with van der Waals surface area (Å²) in [7, 11) is 0. The first-order chi connectivity index (χ1) is 13.9. The maximum absolute atomic E-state index is 13.2. The predicted molar refractivity (Wildman–Crippen MR) is 113 cm³/mol. The van der Waals surface area contributed by atoms with E-state index >= 15 is 0 Å². The van der Waals surface area contributed by atoms with Gasteiger partial charge in [0.05, 0.1) is 5.56 Å². The molecule has 0 aliphatic rings. The summed E-state index contributed by atoms with van der Waals surface area (Å²) in [6.07, 6.45) is 0. The molecule has 1 heterocycles. The fourth-order valence-electron chi connectivity index (χ4n) is 3.77. The van der Waals surface area contributed by atoms with Crippen LogP contribution in [0.1, 0.15) is 51.3 Å². The van der Waals surface area contributed by atoms with Crippen LogP contribution in [0.25, 0.3) is 0 Å². The topological polar surface area (TPSA) is 54.3 Å². The van der Waals surface area contributed by atoms with Gasteiger partial charge in [-0.15, -0.1) is 0 Å². The highest BCUT2D eigenvalue weighted by molar-refractivity contribution is 5.91. The Labute approximate surface area is 171 Å². The Bertz CT molecular complexity index is 978. The molecule has 3 rings (SSSR count). The lowest BCUT2D eigenvalue weighted by atomic mass is 10.0. The number of halogens is 1. The van der Waals surface area contributed by atoms with Gasteiger partial charge in [0.1, 0.15) is 5.82 Å². The number of nitrogens with one attached hydrogen (secondary N) is 1. The van der Waals surface area contributed by atoms with E-state index in [0.717, 1.165) is 23.4 Å². The molecule has 3 aromatic rings. The van der Waals surface area contributed by atoms with Crippen LogP contribution in [0.4, 0.5) is 4.39 Å². The molecule has 0 saturated carbocycles. The number of hydrogen-bond donors (Lipinski definition) is 2. The van der Waals surface area contributed by atoms with Gasteiger partial charge in [-0.25, -0.2) is 9.18 Å². The van der Waals surface area contributed by atoms with E-state index in [4.69, 9.17) is 0 Å². The number of aromatic nitrogens is 1. The number of hydrogen-bond acceptors (Lipinski definition) is 2. The fraction of sp³-hybridized carbons (Fsp3) is 0.292. The molecular formula is C24H27FN2O2. The first-order valence-electron chi connectivity index (χ1n) is 9.80. The summed E-state index contributed by atoms with van der Waals surface area (Å²) < 4.78 is 15.2. The first kappa shape index (κ1) is 20.8. The molecule has 0 unspecified atom stereocenters. The van der Waals surface area contributed by atoms with Crippen molar-refractivity contribution in [1.29, 1.82) is 0 Å². The Hall–Kier alpha value is -2.92. The molecule has 0 spiro atoms. The average Bonchev–Trinajstić information content (AvgIpc) is 2.94. The lowest BCUT2D eigenvalue weighted by molar-refractivity contribution is 0.0694. The van der Waals surface area contributed by atoms with Gasteiger partial charge < -0.3 is 15.0 Å². The Morgan fingerprint density at radius 1 is 1.07 bits per heavy atom. The third-order valence-corrected chi connectivity index (χ3v) is 5.50. The van der Waals surface area contributed by atoms with Crippen LogP contribution in [0.2, 0.25) is 0 Å². The molecule has 1 atom stereocenters. The van der Waals surface area contributed by atoms with Gasteiger partial charge in [0.15, 0.2) is 0 Å². The van der Waals surface area contributed by atoms with Gasteiger partial charge in [-0.2, -0.15) is 0 Å². The van der Waals surface area contributed by atoms with Gasteiger partial charge in [0.25, 0.3) is 0 Å². The summed E-state index contributed by atoms with van der Waals surface area (Å²) in [6.45, 7) is 7.68. The quantitative estimate of drug-likeness (QED) is 0.572. The van der Waals surface area contributed by atoms with Crippen LogP contribution in [-0.4, -0.2) is 22.2 Å². The van der Waals surface area contributed by atoms with Crippen molar-refractivity contribution in [2.45, 2.75) is 39.8 Å². The van der Waals surface area contributed by atoms with Crippen LogP contribution < -0.4 is 5.32 Å². The second-order valence-corrected chi connectivity index (χ2v) is 7.48. The van der Waals surface area contributed by atoms with E-state index in [1.54, 1.807) is 12.1 Å². The molecule has 0 amide bonds. The van der Waals surface area contributed by atoms with Crippen LogP contribution >= 0.6 is 0 Å². The molecule has 152 valence electrons. The van der Waals surface area contributed by atoms with Gasteiger partial charge in [-0.05, 0) is 43.0 Å². The molecule has 0 aliphatic heterocycles. The van der Waals surface area contributed by atoms with E-state index < -0.39 is 5.97 Å². The summed E-state index contributed by atoms with van der Waals surface area (Å²) in [5.74, 6) is -0.873. The van der Waals surface area contributed by atoms with E-state index in [9.17, 15) is 14.3 Å². The van der Waals surface area contributed by atoms with E-state index in [1.807, 2.05) is 36.6 Å². The number of carboxylic acids is 1. The minimum absolute atomic E-state index is 0.279. The van der Waals surface area contributed by atoms with Crippen LogP contribution in [0.3, 0.4) is 0 Å². The van der Waals surface area contributed by atoms with Crippen molar-refractivity contribution < 1.29 is 14.3 Å². The van der Waals surface area contributed by atoms with E-state index in [-0.39, 0.29) is 5.82 Å². The van der Waals surface area contributed by atoms with Crippen LogP contribution in [-0.2, 0) is 13.1 Å². The van der Waals surface area contributed by atoms with Crippen LogP contribution in [0, 0.1) is 19.7 Å². The molecule has 0 radical (unpaired) electrons.